The molecule has 7 nitrogen and oxygen atoms in total. The van der Waals surface area contributed by atoms with Gasteiger partial charge < -0.3 is 4.90 Å². The summed E-state index contributed by atoms with van der Waals surface area (Å²) < 4.78 is 12.9. The molecule has 24 heavy (non-hydrogen) atoms. The Labute approximate surface area is 138 Å². The molecule has 1 saturated heterocycles. The van der Waals surface area contributed by atoms with Crippen molar-refractivity contribution in [2.75, 3.05) is 18.0 Å². The topological polar surface area (TPSA) is 89.5 Å². The Bertz CT molecular complexity index is 671. The number of benzene rings is 1. The second-order valence-corrected chi connectivity index (χ2v) is 5.51. The van der Waals surface area contributed by atoms with E-state index in [1.165, 1.54) is 12.2 Å². The van der Waals surface area contributed by atoms with Gasteiger partial charge in [-0.1, -0.05) is 30.4 Å². The predicted octanol–water partition coefficient (Wildman–Crippen LogP) is 3.64. The lowest BCUT2D eigenvalue weighted by molar-refractivity contribution is -0.588. The monoisotopic (exact) mass is 335 g/mol. The van der Waals surface area contributed by atoms with E-state index >= 15 is 0 Å². The quantitative estimate of drug-likeness (QED) is 0.478. The van der Waals surface area contributed by atoms with E-state index in [-0.39, 0.29) is 17.0 Å². The van der Waals surface area contributed by atoms with Gasteiger partial charge in [0.1, 0.15) is 5.69 Å². The first-order valence-corrected chi connectivity index (χ1v) is 7.60. The Kier molecular flexibility index (Phi) is 5.62. The van der Waals surface area contributed by atoms with Gasteiger partial charge in [-0.15, -0.1) is 0 Å². The number of nitro benzene ring substituents is 1. The fraction of sp³-hybridized carbons (Fsp3) is 0.375. The standard InChI is InChI=1S/C10H12N2O2.C6H6FNO2/c13-12(14)10-6-2-1-5-9(10)11-7-3-4-8-11;7-6(8(9)10)4-2-1-3-5-6/h1-2,5-6H,3-4,7-8H2;1-4H,5H2. The SMILES string of the molecule is O=[N+]([O-])C1(F)C=CC=CC1.O=[N+]([O-])c1ccccc1N1CCCC1. The van der Waals surface area contributed by atoms with Crippen molar-refractivity contribution in [2.45, 2.75) is 25.1 Å². The number of para-hydroxylation sites is 2. The fourth-order valence-corrected chi connectivity index (χ4v) is 2.56. The van der Waals surface area contributed by atoms with E-state index in [1.807, 2.05) is 12.1 Å². The van der Waals surface area contributed by atoms with E-state index < -0.39 is 10.7 Å². The summed E-state index contributed by atoms with van der Waals surface area (Å²) in [7, 11) is 0. The van der Waals surface area contributed by atoms with Crippen LogP contribution in [0, 0.1) is 20.2 Å². The highest BCUT2D eigenvalue weighted by atomic mass is 19.1. The third-order valence-corrected chi connectivity index (χ3v) is 3.83. The van der Waals surface area contributed by atoms with Gasteiger partial charge in [0, 0.05) is 25.2 Å². The number of anilines is 1. The van der Waals surface area contributed by atoms with E-state index in [0.29, 0.717) is 0 Å². The summed E-state index contributed by atoms with van der Waals surface area (Å²) >= 11 is 0. The third-order valence-electron chi connectivity index (χ3n) is 3.83. The summed E-state index contributed by atoms with van der Waals surface area (Å²) in [6, 6.07) is 6.94. The second-order valence-electron chi connectivity index (χ2n) is 5.51. The normalized spacial score (nSPS) is 22.0. The van der Waals surface area contributed by atoms with Crippen LogP contribution in [-0.2, 0) is 0 Å². The van der Waals surface area contributed by atoms with Gasteiger partial charge in [-0.05, 0) is 18.9 Å². The van der Waals surface area contributed by atoms with Crippen LogP contribution in [0.3, 0.4) is 0 Å². The van der Waals surface area contributed by atoms with Crippen LogP contribution < -0.4 is 4.90 Å². The van der Waals surface area contributed by atoms with Gasteiger partial charge in [0.05, 0.1) is 16.3 Å². The van der Waals surface area contributed by atoms with E-state index in [0.717, 1.165) is 37.7 Å². The minimum atomic E-state index is -2.37. The van der Waals surface area contributed by atoms with Crippen molar-refractivity contribution in [3.05, 3.63) is 68.8 Å². The summed E-state index contributed by atoms with van der Waals surface area (Å²) in [5.74, 6) is -2.37. The van der Waals surface area contributed by atoms with Crippen molar-refractivity contribution in [1.82, 2.24) is 0 Å². The molecule has 0 radical (unpaired) electrons. The zero-order valence-corrected chi connectivity index (χ0v) is 13.0. The van der Waals surface area contributed by atoms with E-state index in [2.05, 4.69) is 4.90 Å². The third kappa shape index (κ3) is 4.15. The van der Waals surface area contributed by atoms with Crippen molar-refractivity contribution in [1.29, 1.82) is 0 Å². The first-order valence-electron chi connectivity index (χ1n) is 7.60. The summed E-state index contributed by atoms with van der Waals surface area (Å²) in [5, 5.41) is 20.8. The first kappa shape index (κ1) is 17.6. The Balaban J connectivity index is 0.000000185. The molecule has 8 heteroatoms. The maximum Gasteiger partial charge on any atom is 0.381 e. The molecule has 1 heterocycles. The highest BCUT2D eigenvalue weighted by molar-refractivity contribution is 5.63. The van der Waals surface area contributed by atoms with Gasteiger partial charge in [0.2, 0.25) is 0 Å². The Hall–Kier alpha value is -2.77. The molecule has 0 spiro atoms. The van der Waals surface area contributed by atoms with Gasteiger partial charge >= 0.3 is 5.79 Å². The van der Waals surface area contributed by atoms with Gasteiger partial charge in [-0.2, -0.15) is 4.39 Å². The average Bonchev–Trinajstić information content (AvgIpc) is 3.10. The predicted molar refractivity (Wildman–Crippen MR) is 88.3 cm³/mol. The zero-order chi connectivity index (χ0) is 17.6. The average molecular weight is 335 g/mol. The second kappa shape index (κ2) is 7.67. The van der Waals surface area contributed by atoms with Crippen LogP contribution in [0.5, 0.6) is 0 Å². The van der Waals surface area contributed by atoms with Crippen LogP contribution in [0.15, 0.2) is 48.6 Å². The maximum atomic E-state index is 12.9. The van der Waals surface area contributed by atoms with E-state index in [4.69, 9.17) is 0 Å². The molecule has 0 aromatic heterocycles. The molecule has 1 aliphatic carbocycles. The molecule has 3 rings (SSSR count). The molecule has 0 N–H and O–H groups in total. The van der Waals surface area contributed by atoms with Crippen molar-refractivity contribution in [3.63, 3.8) is 0 Å². The molecule has 128 valence electrons. The lowest BCUT2D eigenvalue weighted by Crippen LogP contribution is -2.30. The number of halogens is 1. The molecule has 1 unspecified atom stereocenters. The van der Waals surface area contributed by atoms with Crippen molar-refractivity contribution in [2.24, 2.45) is 0 Å². The minimum absolute atomic E-state index is 0.170. The van der Waals surface area contributed by atoms with Crippen LogP contribution in [0.4, 0.5) is 15.8 Å². The lowest BCUT2D eigenvalue weighted by atomic mass is 10.1. The Morgan fingerprint density at radius 3 is 2.25 bits per heavy atom. The summed E-state index contributed by atoms with van der Waals surface area (Å²) in [6.45, 7) is 1.87. The van der Waals surface area contributed by atoms with Crippen LogP contribution in [0.2, 0.25) is 0 Å². The smallest absolute Gasteiger partial charge is 0.366 e. The van der Waals surface area contributed by atoms with Crippen molar-refractivity contribution < 1.29 is 14.2 Å². The number of rotatable bonds is 3. The van der Waals surface area contributed by atoms with Crippen LogP contribution in [-0.4, -0.2) is 28.7 Å². The summed E-state index contributed by atoms with van der Waals surface area (Å²) in [4.78, 5) is 21.6. The zero-order valence-electron chi connectivity index (χ0n) is 13.0. The van der Waals surface area contributed by atoms with Gasteiger partial charge in [-0.3, -0.25) is 20.2 Å². The lowest BCUT2D eigenvalue weighted by Gasteiger charge is -2.16. The fourth-order valence-electron chi connectivity index (χ4n) is 2.56. The largest absolute Gasteiger partial charge is 0.381 e. The molecular formula is C16H18FN3O4. The maximum absolute atomic E-state index is 12.9. The number of allylic oxidation sites excluding steroid dienone is 2. The molecule has 0 saturated carbocycles. The molecule has 0 bridgehead atoms. The Morgan fingerprint density at radius 1 is 1.08 bits per heavy atom. The van der Waals surface area contributed by atoms with E-state index in [1.54, 1.807) is 18.2 Å². The van der Waals surface area contributed by atoms with Crippen LogP contribution in [0.1, 0.15) is 19.3 Å². The van der Waals surface area contributed by atoms with Gasteiger partial charge in [0.15, 0.2) is 0 Å². The van der Waals surface area contributed by atoms with Crippen molar-refractivity contribution in [3.8, 4) is 0 Å². The van der Waals surface area contributed by atoms with E-state index in [9.17, 15) is 24.6 Å². The van der Waals surface area contributed by atoms with Crippen molar-refractivity contribution >= 4 is 11.4 Å². The number of nitrogens with zero attached hydrogens (tertiary/aromatic N) is 3. The molecule has 1 aromatic rings. The number of hydrogen-bond donors (Lipinski definition) is 0. The minimum Gasteiger partial charge on any atom is -0.366 e. The molecule has 1 fully saturated rings. The molecule has 1 aromatic carbocycles. The first-order chi connectivity index (χ1) is 11.4. The van der Waals surface area contributed by atoms with Crippen LogP contribution >= 0.6 is 0 Å². The molecule has 0 amide bonds. The van der Waals surface area contributed by atoms with Gasteiger partial charge in [0.25, 0.3) is 5.69 Å². The highest BCUT2D eigenvalue weighted by Gasteiger charge is 2.39. The number of hydrogen-bond acceptors (Lipinski definition) is 5. The molecule has 2 aliphatic rings. The number of nitro groups is 2. The molecule has 1 aliphatic heterocycles. The van der Waals surface area contributed by atoms with Crippen LogP contribution in [0.25, 0.3) is 0 Å². The highest BCUT2D eigenvalue weighted by Crippen LogP contribution is 2.29. The summed E-state index contributed by atoms with van der Waals surface area (Å²) in [5.41, 5.74) is 0.976. The van der Waals surface area contributed by atoms with Gasteiger partial charge in [-0.25, -0.2) is 0 Å². The molecular weight excluding hydrogens is 317 g/mol. The Morgan fingerprint density at radius 2 is 1.75 bits per heavy atom. The number of alkyl halides is 1. The summed E-state index contributed by atoms with van der Waals surface area (Å²) in [6.07, 6.45) is 7.40. The molecule has 1 atom stereocenters.